The van der Waals surface area contributed by atoms with Crippen molar-refractivity contribution in [3.8, 4) is 22.8 Å². The minimum atomic E-state index is -0.420. The highest BCUT2D eigenvalue weighted by Gasteiger charge is 2.13. The minimum Gasteiger partial charge on any atom is -0.334 e. The van der Waals surface area contributed by atoms with E-state index in [9.17, 15) is 9.18 Å². The van der Waals surface area contributed by atoms with E-state index in [0.717, 1.165) is 0 Å². The molecular formula is C13H8FN3O2. The van der Waals surface area contributed by atoms with E-state index in [0.29, 0.717) is 5.56 Å². The maximum atomic E-state index is 13.6. The van der Waals surface area contributed by atoms with Crippen molar-refractivity contribution >= 4 is 0 Å². The van der Waals surface area contributed by atoms with Gasteiger partial charge >= 0.3 is 0 Å². The fourth-order valence-electron chi connectivity index (χ4n) is 1.64. The van der Waals surface area contributed by atoms with Crippen LogP contribution in [0.2, 0.25) is 0 Å². The van der Waals surface area contributed by atoms with Crippen molar-refractivity contribution in [2.24, 2.45) is 0 Å². The van der Waals surface area contributed by atoms with Crippen LogP contribution in [0, 0.1) is 5.82 Å². The summed E-state index contributed by atoms with van der Waals surface area (Å²) in [5.41, 5.74) is 0.606. The first-order valence-corrected chi connectivity index (χ1v) is 5.52. The molecule has 0 saturated heterocycles. The van der Waals surface area contributed by atoms with Crippen LogP contribution < -0.4 is 5.56 Å². The molecule has 2 aromatic heterocycles. The average molecular weight is 257 g/mol. The van der Waals surface area contributed by atoms with Crippen LogP contribution in [0.1, 0.15) is 0 Å². The molecule has 0 radical (unpaired) electrons. The summed E-state index contributed by atoms with van der Waals surface area (Å²) in [6, 6.07) is 9.07. The van der Waals surface area contributed by atoms with Gasteiger partial charge < -0.3 is 9.51 Å². The van der Waals surface area contributed by atoms with E-state index in [1.165, 1.54) is 18.3 Å². The van der Waals surface area contributed by atoms with Crippen LogP contribution in [-0.4, -0.2) is 15.1 Å². The van der Waals surface area contributed by atoms with Gasteiger partial charge in [0.1, 0.15) is 5.82 Å². The highest BCUT2D eigenvalue weighted by atomic mass is 19.1. The fourth-order valence-corrected chi connectivity index (χ4v) is 1.64. The molecular weight excluding hydrogens is 249 g/mol. The zero-order valence-corrected chi connectivity index (χ0v) is 9.63. The van der Waals surface area contributed by atoms with Gasteiger partial charge in [0.15, 0.2) is 0 Å². The topological polar surface area (TPSA) is 71.8 Å². The molecule has 0 aliphatic carbocycles. The predicted octanol–water partition coefficient (Wildman–Crippen LogP) is 2.23. The second kappa shape index (κ2) is 4.49. The Morgan fingerprint density at radius 2 is 2.00 bits per heavy atom. The van der Waals surface area contributed by atoms with Crippen molar-refractivity contribution in [2.75, 3.05) is 0 Å². The first-order chi connectivity index (χ1) is 9.24. The van der Waals surface area contributed by atoms with E-state index >= 15 is 0 Å². The predicted molar refractivity (Wildman–Crippen MR) is 65.7 cm³/mol. The summed E-state index contributed by atoms with van der Waals surface area (Å²) in [5.74, 6) is -0.0369. The molecule has 0 unspecified atom stereocenters. The van der Waals surface area contributed by atoms with E-state index in [2.05, 4.69) is 15.1 Å². The van der Waals surface area contributed by atoms with E-state index in [4.69, 9.17) is 4.52 Å². The number of pyridine rings is 1. The lowest BCUT2D eigenvalue weighted by Gasteiger charge is -1.94. The number of halogens is 1. The Morgan fingerprint density at radius 1 is 1.16 bits per heavy atom. The van der Waals surface area contributed by atoms with E-state index in [1.54, 1.807) is 24.3 Å². The molecule has 0 spiro atoms. The lowest BCUT2D eigenvalue weighted by atomic mass is 10.2. The number of aromatic nitrogens is 3. The monoisotopic (exact) mass is 257 g/mol. The molecule has 3 aromatic rings. The van der Waals surface area contributed by atoms with Gasteiger partial charge in [-0.1, -0.05) is 17.3 Å². The maximum Gasteiger partial charge on any atom is 0.259 e. The summed E-state index contributed by atoms with van der Waals surface area (Å²) >= 11 is 0. The standard InChI is InChI=1S/C13H8FN3O2/c14-10-4-2-1-3-9(10)12-16-13(19-17-12)8-5-6-11(18)15-7-8/h1-7H,(H,15,18). The molecule has 94 valence electrons. The second-order valence-corrected chi connectivity index (χ2v) is 3.84. The number of aromatic amines is 1. The first kappa shape index (κ1) is 11.3. The van der Waals surface area contributed by atoms with Gasteiger partial charge in [0, 0.05) is 12.3 Å². The molecule has 6 heteroatoms. The Kier molecular flexibility index (Phi) is 2.68. The number of hydrogen-bond acceptors (Lipinski definition) is 4. The molecule has 2 heterocycles. The highest BCUT2D eigenvalue weighted by molar-refractivity contribution is 5.59. The van der Waals surface area contributed by atoms with Crippen molar-refractivity contribution < 1.29 is 8.91 Å². The molecule has 1 N–H and O–H groups in total. The molecule has 0 fully saturated rings. The minimum absolute atomic E-state index is 0.166. The van der Waals surface area contributed by atoms with Crippen LogP contribution in [0.15, 0.2) is 51.9 Å². The summed E-state index contributed by atoms with van der Waals surface area (Å²) in [5, 5.41) is 3.73. The van der Waals surface area contributed by atoms with Crippen LogP contribution in [-0.2, 0) is 0 Å². The van der Waals surface area contributed by atoms with E-state index < -0.39 is 5.82 Å². The SMILES string of the molecule is O=c1ccc(-c2nc(-c3ccccc3F)no2)c[nH]1. The van der Waals surface area contributed by atoms with Crippen LogP contribution >= 0.6 is 0 Å². The quantitative estimate of drug-likeness (QED) is 0.764. The molecule has 0 amide bonds. The Bertz CT molecular complexity index is 759. The van der Waals surface area contributed by atoms with E-state index in [1.807, 2.05) is 0 Å². The summed E-state index contributed by atoms with van der Waals surface area (Å²) in [6.45, 7) is 0. The molecule has 3 rings (SSSR count). The zero-order valence-electron chi connectivity index (χ0n) is 9.63. The molecule has 1 aromatic carbocycles. The van der Waals surface area contributed by atoms with Gasteiger partial charge in [0.25, 0.3) is 5.89 Å². The Balaban J connectivity index is 2.02. The summed E-state index contributed by atoms with van der Waals surface area (Å²) in [6.07, 6.45) is 1.46. The van der Waals surface area contributed by atoms with Crippen molar-refractivity contribution in [2.45, 2.75) is 0 Å². The van der Waals surface area contributed by atoms with Crippen LogP contribution in [0.25, 0.3) is 22.8 Å². The first-order valence-electron chi connectivity index (χ1n) is 5.52. The van der Waals surface area contributed by atoms with E-state index in [-0.39, 0.29) is 22.8 Å². The third kappa shape index (κ3) is 2.15. The van der Waals surface area contributed by atoms with Crippen molar-refractivity contribution in [3.05, 3.63) is 58.8 Å². The Morgan fingerprint density at radius 3 is 2.74 bits per heavy atom. The Hall–Kier alpha value is -2.76. The van der Waals surface area contributed by atoms with Crippen molar-refractivity contribution in [3.63, 3.8) is 0 Å². The number of nitrogens with one attached hydrogen (secondary N) is 1. The molecule has 0 atom stereocenters. The maximum absolute atomic E-state index is 13.6. The molecule has 0 saturated carbocycles. The van der Waals surface area contributed by atoms with Gasteiger partial charge in [-0.3, -0.25) is 4.79 Å². The zero-order chi connectivity index (χ0) is 13.2. The molecule has 0 bridgehead atoms. The number of benzene rings is 1. The summed E-state index contributed by atoms with van der Waals surface area (Å²) in [7, 11) is 0. The smallest absolute Gasteiger partial charge is 0.259 e. The van der Waals surface area contributed by atoms with Crippen LogP contribution in [0.4, 0.5) is 4.39 Å². The normalized spacial score (nSPS) is 10.6. The number of hydrogen-bond donors (Lipinski definition) is 1. The molecule has 19 heavy (non-hydrogen) atoms. The third-order valence-corrected chi connectivity index (χ3v) is 2.57. The fraction of sp³-hybridized carbons (Fsp3) is 0. The van der Waals surface area contributed by atoms with Gasteiger partial charge in [-0.15, -0.1) is 0 Å². The van der Waals surface area contributed by atoms with Gasteiger partial charge in [-0.05, 0) is 18.2 Å². The number of H-pyrrole nitrogens is 1. The van der Waals surface area contributed by atoms with Crippen LogP contribution in [0.3, 0.4) is 0 Å². The largest absolute Gasteiger partial charge is 0.334 e. The third-order valence-electron chi connectivity index (χ3n) is 2.57. The van der Waals surface area contributed by atoms with Gasteiger partial charge in [0.2, 0.25) is 11.4 Å². The molecule has 5 nitrogen and oxygen atoms in total. The number of rotatable bonds is 2. The highest BCUT2D eigenvalue weighted by Crippen LogP contribution is 2.22. The lowest BCUT2D eigenvalue weighted by molar-refractivity contribution is 0.431. The van der Waals surface area contributed by atoms with Crippen molar-refractivity contribution in [1.29, 1.82) is 0 Å². The number of nitrogens with zero attached hydrogens (tertiary/aromatic N) is 2. The summed E-state index contributed by atoms with van der Waals surface area (Å²) in [4.78, 5) is 17.6. The van der Waals surface area contributed by atoms with Gasteiger partial charge in [-0.2, -0.15) is 4.98 Å². The molecule has 0 aliphatic rings. The summed E-state index contributed by atoms with van der Waals surface area (Å²) < 4.78 is 18.6. The van der Waals surface area contributed by atoms with Crippen LogP contribution in [0.5, 0.6) is 0 Å². The lowest BCUT2D eigenvalue weighted by Crippen LogP contribution is -2.01. The van der Waals surface area contributed by atoms with Gasteiger partial charge in [0.05, 0.1) is 11.1 Å². The molecule has 0 aliphatic heterocycles. The Labute approximate surface area is 106 Å². The van der Waals surface area contributed by atoms with Crippen molar-refractivity contribution in [1.82, 2.24) is 15.1 Å². The second-order valence-electron chi connectivity index (χ2n) is 3.84. The average Bonchev–Trinajstić information content (AvgIpc) is 2.89. The van der Waals surface area contributed by atoms with Gasteiger partial charge in [-0.25, -0.2) is 4.39 Å².